The van der Waals surface area contributed by atoms with E-state index in [1.54, 1.807) is 55.6 Å². The summed E-state index contributed by atoms with van der Waals surface area (Å²) < 4.78 is 12.2. The summed E-state index contributed by atoms with van der Waals surface area (Å²) in [5, 5.41) is 7.18. The highest BCUT2D eigenvalue weighted by atomic mass is 35.5. The molecule has 2 aromatic carbocycles. The van der Waals surface area contributed by atoms with E-state index in [0.29, 0.717) is 41.6 Å². The minimum absolute atomic E-state index is 0.0606. The maximum atomic E-state index is 13.2. The summed E-state index contributed by atoms with van der Waals surface area (Å²) in [6.45, 7) is 0.691. The molecule has 0 aliphatic heterocycles. The van der Waals surface area contributed by atoms with Crippen LogP contribution in [-0.2, 0) is 11.3 Å². The monoisotopic (exact) mass is 458 g/mol. The highest BCUT2D eigenvalue weighted by Crippen LogP contribution is 2.13. The van der Waals surface area contributed by atoms with Crippen LogP contribution in [0.4, 0.5) is 0 Å². The molecule has 0 spiro atoms. The van der Waals surface area contributed by atoms with Crippen LogP contribution < -0.4 is 21.3 Å². The molecule has 0 unspecified atom stereocenters. The highest BCUT2D eigenvalue weighted by molar-refractivity contribution is 6.30. The SMILES string of the molecule is COCCCNC(=O)c1nn(-c2ccc(Cl)cc2)c(=O)n(Cc2cccc(OC)c2)c1=O. The molecule has 1 aromatic heterocycles. The van der Waals surface area contributed by atoms with Crippen molar-refractivity contribution in [3.05, 3.63) is 85.6 Å². The van der Waals surface area contributed by atoms with E-state index < -0.39 is 17.2 Å². The molecule has 1 heterocycles. The molecule has 168 valence electrons. The number of ether oxygens (including phenoxy) is 2. The first-order valence-corrected chi connectivity index (χ1v) is 10.2. The van der Waals surface area contributed by atoms with Crippen molar-refractivity contribution in [1.82, 2.24) is 19.7 Å². The third-order valence-electron chi connectivity index (χ3n) is 4.63. The molecule has 1 N–H and O–H groups in total. The van der Waals surface area contributed by atoms with Gasteiger partial charge in [-0.25, -0.2) is 4.79 Å². The van der Waals surface area contributed by atoms with E-state index in [0.717, 1.165) is 9.25 Å². The van der Waals surface area contributed by atoms with Gasteiger partial charge in [0.2, 0.25) is 5.69 Å². The summed E-state index contributed by atoms with van der Waals surface area (Å²) in [4.78, 5) is 38.9. The standard InChI is InChI=1S/C22H23ClN4O5/c1-31-12-4-11-24-20(28)19-21(29)26(14-15-5-3-6-18(13-15)32-2)22(30)27(25-19)17-9-7-16(23)8-10-17/h3,5-10,13H,4,11-12,14H2,1-2H3,(H,24,28). The van der Waals surface area contributed by atoms with Gasteiger partial charge < -0.3 is 14.8 Å². The molecule has 0 aliphatic rings. The van der Waals surface area contributed by atoms with E-state index in [1.165, 1.54) is 7.11 Å². The third-order valence-corrected chi connectivity index (χ3v) is 4.88. The number of aromatic nitrogens is 3. The Morgan fingerprint density at radius 3 is 2.56 bits per heavy atom. The van der Waals surface area contributed by atoms with Gasteiger partial charge in [0, 0.05) is 25.3 Å². The molecule has 0 aliphatic carbocycles. The molecule has 1 amide bonds. The Morgan fingerprint density at radius 1 is 1.12 bits per heavy atom. The number of carbonyl (C=O) groups excluding carboxylic acids is 1. The van der Waals surface area contributed by atoms with Crippen LogP contribution in [0, 0.1) is 0 Å². The predicted octanol–water partition coefficient (Wildman–Crippen LogP) is 1.87. The lowest BCUT2D eigenvalue weighted by Gasteiger charge is -2.13. The minimum Gasteiger partial charge on any atom is -0.497 e. The van der Waals surface area contributed by atoms with Gasteiger partial charge >= 0.3 is 5.69 Å². The Balaban J connectivity index is 2.08. The Hall–Kier alpha value is -3.43. The van der Waals surface area contributed by atoms with E-state index in [-0.39, 0.29) is 12.2 Å². The van der Waals surface area contributed by atoms with Crippen molar-refractivity contribution < 1.29 is 14.3 Å². The number of halogens is 1. The number of methoxy groups -OCH3 is 2. The summed E-state index contributed by atoms with van der Waals surface area (Å²) in [5.41, 5.74) is -0.834. The lowest BCUT2D eigenvalue weighted by molar-refractivity contribution is 0.0938. The Morgan fingerprint density at radius 2 is 1.88 bits per heavy atom. The maximum Gasteiger partial charge on any atom is 0.352 e. The molecule has 3 rings (SSSR count). The lowest BCUT2D eigenvalue weighted by Crippen LogP contribution is -2.46. The van der Waals surface area contributed by atoms with Crippen LogP contribution in [0.15, 0.2) is 58.1 Å². The fraction of sp³-hybridized carbons (Fsp3) is 0.273. The molecule has 0 atom stereocenters. The van der Waals surface area contributed by atoms with Gasteiger partial charge in [0.05, 0.1) is 19.3 Å². The van der Waals surface area contributed by atoms with Gasteiger partial charge in [-0.05, 0) is 48.4 Å². The first kappa shape index (κ1) is 23.2. The van der Waals surface area contributed by atoms with E-state index in [9.17, 15) is 14.4 Å². The van der Waals surface area contributed by atoms with E-state index in [4.69, 9.17) is 21.1 Å². The molecule has 3 aromatic rings. The van der Waals surface area contributed by atoms with Gasteiger partial charge in [0.25, 0.3) is 11.5 Å². The minimum atomic E-state index is -0.785. The summed E-state index contributed by atoms with van der Waals surface area (Å²) in [6.07, 6.45) is 0.567. The van der Waals surface area contributed by atoms with Gasteiger partial charge in [-0.3, -0.25) is 14.2 Å². The molecule has 0 radical (unpaired) electrons. The Bertz CT molecular complexity index is 1200. The number of carbonyl (C=O) groups is 1. The van der Waals surface area contributed by atoms with Crippen molar-refractivity contribution in [2.45, 2.75) is 13.0 Å². The highest BCUT2D eigenvalue weighted by Gasteiger charge is 2.20. The fourth-order valence-electron chi connectivity index (χ4n) is 3.00. The molecule has 9 nitrogen and oxygen atoms in total. The summed E-state index contributed by atoms with van der Waals surface area (Å²) in [5.74, 6) is -0.0908. The number of hydrogen-bond acceptors (Lipinski definition) is 6. The number of amides is 1. The Kier molecular flexibility index (Phi) is 7.80. The van der Waals surface area contributed by atoms with Crippen molar-refractivity contribution in [2.24, 2.45) is 0 Å². The largest absolute Gasteiger partial charge is 0.497 e. The summed E-state index contributed by atoms with van der Waals surface area (Å²) in [7, 11) is 3.08. The van der Waals surface area contributed by atoms with Crippen LogP contribution >= 0.6 is 11.6 Å². The second-order valence-electron chi connectivity index (χ2n) is 6.86. The quantitative estimate of drug-likeness (QED) is 0.491. The first-order chi connectivity index (χ1) is 15.4. The molecule has 0 saturated carbocycles. The van der Waals surface area contributed by atoms with Crippen LogP contribution in [0.2, 0.25) is 5.02 Å². The number of benzene rings is 2. The smallest absolute Gasteiger partial charge is 0.352 e. The van der Waals surface area contributed by atoms with Gasteiger partial charge in [0.1, 0.15) is 5.75 Å². The molecular weight excluding hydrogens is 436 g/mol. The third kappa shape index (κ3) is 5.43. The summed E-state index contributed by atoms with van der Waals surface area (Å²) >= 11 is 5.95. The van der Waals surface area contributed by atoms with Gasteiger partial charge in [-0.15, -0.1) is 0 Å². The molecule has 0 fully saturated rings. The van der Waals surface area contributed by atoms with Crippen molar-refractivity contribution in [3.63, 3.8) is 0 Å². The molecular formula is C22H23ClN4O5. The fourth-order valence-corrected chi connectivity index (χ4v) is 3.13. The van der Waals surface area contributed by atoms with Crippen molar-refractivity contribution in [1.29, 1.82) is 0 Å². The van der Waals surface area contributed by atoms with E-state index >= 15 is 0 Å². The van der Waals surface area contributed by atoms with Gasteiger partial charge in [-0.1, -0.05) is 23.7 Å². The number of nitrogens with zero attached hydrogens (tertiary/aromatic N) is 3. The van der Waals surface area contributed by atoms with Crippen LogP contribution in [0.5, 0.6) is 5.75 Å². The molecule has 32 heavy (non-hydrogen) atoms. The van der Waals surface area contributed by atoms with E-state index in [1.807, 2.05) is 0 Å². The van der Waals surface area contributed by atoms with Crippen LogP contribution in [0.3, 0.4) is 0 Å². The second-order valence-corrected chi connectivity index (χ2v) is 7.30. The molecule has 0 bridgehead atoms. The van der Waals surface area contributed by atoms with Crippen LogP contribution in [0.1, 0.15) is 22.5 Å². The average Bonchev–Trinajstić information content (AvgIpc) is 2.80. The second kappa shape index (κ2) is 10.7. The zero-order valence-corrected chi connectivity index (χ0v) is 18.5. The van der Waals surface area contributed by atoms with Crippen molar-refractivity contribution in [2.75, 3.05) is 27.4 Å². The lowest BCUT2D eigenvalue weighted by atomic mass is 10.2. The van der Waals surface area contributed by atoms with Crippen molar-refractivity contribution in [3.8, 4) is 11.4 Å². The van der Waals surface area contributed by atoms with Gasteiger partial charge in [-0.2, -0.15) is 9.78 Å². The predicted molar refractivity (Wildman–Crippen MR) is 120 cm³/mol. The molecule has 0 saturated heterocycles. The topological polar surface area (TPSA) is 104 Å². The number of rotatable bonds is 9. The number of nitrogens with one attached hydrogen (secondary N) is 1. The van der Waals surface area contributed by atoms with Crippen LogP contribution in [-0.4, -0.2) is 47.6 Å². The maximum absolute atomic E-state index is 13.2. The molecule has 10 heteroatoms. The zero-order valence-electron chi connectivity index (χ0n) is 17.7. The summed E-state index contributed by atoms with van der Waals surface area (Å²) in [6, 6.07) is 13.3. The normalized spacial score (nSPS) is 10.7. The zero-order chi connectivity index (χ0) is 23.1. The van der Waals surface area contributed by atoms with E-state index in [2.05, 4.69) is 10.4 Å². The Labute approximate surface area is 189 Å². The van der Waals surface area contributed by atoms with Crippen LogP contribution in [0.25, 0.3) is 5.69 Å². The van der Waals surface area contributed by atoms with Gasteiger partial charge in [0.15, 0.2) is 0 Å². The first-order valence-electron chi connectivity index (χ1n) is 9.84. The average molecular weight is 459 g/mol. The van der Waals surface area contributed by atoms with Crippen molar-refractivity contribution >= 4 is 17.5 Å². The number of hydrogen-bond donors (Lipinski definition) is 1.